The molecule has 0 aromatic heterocycles. The molecule has 1 atom stereocenters. The fourth-order valence-corrected chi connectivity index (χ4v) is 3.05. The maximum Gasteiger partial charge on any atom is 0.261 e. The van der Waals surface area contributed by atoms with E-state index in [1.54, 1.807) is 18.2 Å². The third kappa shape index (κ3) is 5.27. The first-order chi connectivity index (χ1) is 11.0. The largest absolute Gasteiger partial charge is 0.479 e. The highest BCUT2D eigenvalue weighted by Crippen LogP contribution is 2.29. The van der Waals surface area contributed by atoms with Crippen LogP contribution in [-0.2, 0) is 4.79 Å². The normalized spacial score (nSPS) is 17.7. The molecule has 6 heteroatoms. The number of carbonyl (C=O) groups excluding carboxylic acids is 1. The lowest BCUT2D eigenvalue weighted by Gasteiger charge is -2.32. The second kappa shape index (κ2) is 8.76. The van der Waals surface area contributed by atoms with Crippen LogP contribution in [-0.4, -0.2) is 42.6 Å². The quantitative estimate of drug-likeness (QED) is 0.841. The van der Waals surface area contributed by atoms with Gasteiger partial charge in [0.15, 0.2) is 6.10 Å². The molecule has 0 spiro atoms. The van der Waals surface area contributed by atoms with Crippen LogP contribution in [0.15, 0.2) is 18.2 Å². The molecular weight excluding hydrogens is 335 g/mol. The summed E-state index contributed by atoms with van der Waals surface area (Å²) in [6.07, 6.45) is 1.97. The summed E-state index contributed by atoms with van der Waals surface area (Å²) in [7, 11) is 0. The minimum absolute atomic E-state index is 0.0847. The van der Waals surface area contributed by atoms with E-state index in [9.17, 15) is 4.79 Å². The summed E-state index contributed by atoms with van der Waals surface area (Å²) in [5.74, 6) is 0.362. The minimum atomic E-state index is -0.560. The summed E-state index contributed by atoms with van der Waals surface area (Å²) in [4.78, 5) is 14.9. The summed E-state index contributed by atoms with van der Waals surface area (Å²) in [6, 6.07) is 5.22. The highest BCUT2D eigenvalue weighted by Gasteiger charge is 2.25. The van der Waals surface area contributed by atoms with Gasteiger partial charge in [-0.3, -0.25) is 4.79 Å². The summed E-state index contributed by atoms with van der Waals surface area (Å²) in [5.41, 5.74) is 0. The summed E-state index contributed by atoms with van der Waals surface area (Å²) in [5, 5.41) is 4.09. The summed E-state index contributed by atoms with van der Waals surface area (Å²) >= 11 is 12.1. The number of likely N-dealkylation sites (tertiary alicyclic amines) is 1. The van der Waals surface area contributed by atoms with Crippen LogP contribution in [0.1, 0.15) is 33.1 Å². The van der Waals surface area contributed by atoms with E-state index in [1.165, 1.54) is 0 Å². The number of nitrogens with zero attached hydrogens (tertiary/aromatic N) is 1. The molecule has 0 bridgehead atoms. The first-order valence-electron chi connectivity index (χ1n) is 8.17. The molecule has 1 aliphatic rings. The van der Waals surface area contributed by atoms with Crippen LogP contribution in [0.5, 0.6) is 5.75 Å². The molecule has 23 heavy (non-hydrogen) atoms. The molecule has 0 aliphatic carbocycles. The van der Waals surface area contributed by atoms with Crippen molar-refractivity contribution in [2.45, 2.75) is 45.3 Å². The Labute approximate surface area is 148 Å². The average Bonchev–Trinajstić information content (AvgIpc) is 2.56. The molecule has 1 saturated heterocycles. The number of benzene rings is 1. The minimum Gasteiger partial charge on any atom is -0.479 e. The van der Waals surface area contributed by atoms with Crippen molar-refractivity contribution in [3.05, 3.63) is 28.2 Å². The fourth-order valence-electron chi connectivity index (χ4n) is 2.73. The summed E-state index contributed by atoms with van der Waals surface area (Å²) in [6.45, 7) is 7.20. The van der Waals surface area contributed by atoms with Crippen molar-refractivity contribution in [2.75, 3.05) is 19.6 Å². The van der Waals surface area contributed by atoms with Gasteiger partial charge in [-0.1, -0.05) is 37.0 Å². The van der Waals surface area contributed by atoms with Crippen molar-refractivity contribution in [1.82, 2.24) is 10.2 Å². The van der Waals surface area contributed by atoms with E-state index >= 15 is 0 Å². The molecule has 1 amide bonds. The third-order valence-electron chi connectivity index (χ3n) is 4.21. The molecule has 0 saturated carbocycles. The van der Waals surface area contributed by atoms with Crippen molar-refractivity contribution in [3.8, 4) is 5.75 Å². The van der Waals surface area contributed by atoms with Gasteiger partial charge in [0.2, 0.25) is 0 Å². The molecule has 2 rings (SSSR count). The lowest BCUT2D eigenvalue weighted by molar-refractivity contribution is -0.129. The lowest BCUT2D eigenvalue weighted by atomic mass is 10.0. The number of halogens is 2. The standard InChI is InChI=1S/C17H24Cl2N2O2/c1-3-15(23-16-11-12(18)5-6-14(16)19)17(22)20-13-7-9-21(4-2)10-8-13/h5-6,11,13,15H,3-4,7-10H2,1-2H3,(H,20,22). The maximum atomic E-state index is 12.5. The van der Waals surface area contributed by atoms with Gasteiger partial charge in [0, 0.05) is 30.2 Å². The van der Waals surface area contributed by atoms with Crippen molar-refractivity contribution < 1.29 is 9.53 Å². The van der Waals surface area contributed by atoms with Crippen molar-refractivity contribution in [2.24, 2.45) is 0 Å². The molecular formula is C17H24Cl2N2O2. The number of hydrogen-bond donors (Lipinski definition) is 1. The van der Waals surface area contributed by atoms with E-state index in [-0.39, 0.29) is 11.9 Å². The molecule has 1 fully saturated rings. The first kappa shape index (κ1) is 18.4. The Hall–Kier alpha value is -0.970. The van der Waals surface area contributed by atoms with Crippen LogP contribution >= 0.6 is 23.2 Å². The first-order valence-corrected chi connectivity index (χ1v) is 8.93. The Morgan fingerprint density at radius 2 is 2.04 bits per heavy atom. The Bertz CT molecular complexity index is 531. The van der Waals surface area contributed by atoms with Crippen LogP contribution in [0.25, 0.3) is 0 Å². The van der Waals surface area contributed by atoms with Gasteiger partial charge in [-0.2, -0.15) is 0 Å². The van der Waals surface area contributed by atoms with E-state index in [0.29, 0.717) is 22.2 Å². The van der Waals surface area contributed by atoms with Crippen LogP contribution in [0.2, 0.25) is 10.0 Å². The SMILES string of the molecule is CCC(Oc1cc(Cl)ccc1Cl)C(=O)NC1CCN(CC)CC1. The zero-order valence-corrected chi connectivity index (χ0v) is 15.2. The molecule has 1 unspecified atom stereocenters. The van der Waals surface area contributed by atoms with E-state index in [0.717, 1.165) is 32.5 Å². The molecule has 128 valence electrons. The van der Waals surface area contributed by atoms with E-state index in [4.69, 9.17) is 27.9 Å². The van der Waals surface area contributed by atoms with E-state index in [2.05, 4.69) is 17.1 Å². The molecule has 0 radical (unpaired) electrons. The van der Waals surface area contributed by atoms with Gasteiger partial charge >= 0.3 is 0 Å². The predicted octanol–water partition coefficient (Wildman–Crippen LogP) is 3.75. The maximum absolute atomic E-state index is 12.5. The smallest absolute Gasteiger partial charge is 0.261 e. The second-order valence-corrected chi connectivity index (χ2v) is 6.65. The monoisotopic (exact) mass is 358 g/mol. The summed E-state index contributed by atoms with van der Waals surface area (Å²) < 4.78 is 5.78. The van der Waals surface area contributed by atoms with Crippen LogP contribution in [0, 0.1) is 0 Å². The third-order valence-corrected chi connectivity index (χ3v) is 4.75. The van der Waals surface area contributed by atoms with Gasteiger partial charge in [-0.15, -0.1) is 0 Å². The number of carbonyl (C=O) groups is 1. The van der Waals surface area contributed by atoms with Gasteiger partial charge in [-0.05, 0) is 37.9 Å². The predicted molar refractivity (Wildman–Crippen MR) is 94.4 cm³/mol. The molecule has 1 aromatic carbocycles. The van der Waals surface area contributed by atoms with Crippen molar-refractivity contribution >= 4 is 29.1 Å². The van der Waals surface area contributed by atoms with Crippen LogP contribution in [0.3, 0.4) is 0 Å². The van der Waals surface area contributed by atoms with Gasteiger partial charge in [0.1, 0.15) is 5.75 Å². The zero-order chi connectivity index (χ0) is 16.8. The molecule has 1 heterocycles. The number of piperidine rings is 1. The number of nitrogens with one attached hydrogen (secondary N) is 1. The lowest BCUT2D eigenvalue weighted by Crippen LogP contribution is -2.48. The highest BCUT2D eigenvalue weighted by atomic mass is 35.5. The Balaban J connectivity index is 1.92. The van der Waals surface area contributed by atoms with Crippen LogP contribution in [0.4, 0.5) is 0 Å². The zero-order valence-electron chi connectivity index (χ0n) is 13.6. The average molecular weight is 359 g/mol. The number of hydrogen-bond acceptors (Lipinski definition) is 3. The Morgan fingerprint density at radius 3 is 2.65 bits per heavy atom. The van der Waals surface area contributed by atoms with Gasteiger partial charge in [0.05, 0.1) is 5.02 Å². The molecule has 4 nitrogen and oxygen atoms in total. The van der Waals surface area contributed by atoms with E-state index in [1.807, 2.05) is 6.92 Å². The molecule has 1 N–H and O–H groups in total. The fraction of sp³-hybridized carbons (Fsp3) is 0.588. The van der Waals surface area contributed by atoms with Gasteiger partial charge < -0.3 is 15.0 Å². The van der Waals surface area contributed by atoms with Crippen molar-refractivity contribution in [1.29, 1.82) is 0 Å². The topological polar surface area (TPSA) is 41.6 Å². The number of rotatable bonds is 6. The second-order valence-electron chi connectivity index (χ2n) is 5.81. The van der Waals surface area contributed by atoms with Crippen LogP contribution < -0.4 is 10.1 Å². The molecule has 1 aliphatic heterocycles. The molecule has 1 aromatic rings. The van der Waals surface area contributed by atoms with Gasteiger partial charge in [-0.25, -0.2) is 0 Å². The van der Waals surface area contributed by atoms with Crippen molar-refractivity contribution in [3.63, 3.8) is 0 Å². The van der Waals surface area contributed by atoms with E-state index < -0.39 is 6.10 Å². The Kier molecular flexibility index (Phi) is 7.00. The Morgan fingerprint density at radius 1 is 1.35 bits per heavy atom. The number of ether oxygens (including phenoxy) is 1. The van der Waals surface area contributed by atoms with Gasteiger partial charge in [0.25, 0.3) is 5.91 Å². The number of amides is 1. The highest BCUT2D eigenvalue weighted by molar-refractivity contribution is 6.34.